The van der Waals surface area contributed by atoms with E-state index in [9.17, 15) is 8.42 Å². The first-order chi connectivity index (χ1) is 8.08. The Bertz CT molecular complexity index is 591. The van der Waals surface area contributed by atoms with E-state index in [1.165, 1.54) is 17.5 Å². The van der Waals surface area contributed by atoms with Crippen LogP contribution in [0.3, 0.4) is 0 Å². The fraction of sp³-hybridized carbons (Fsp3) is 0.273. The first-order valence-corrected chi connectivity index (χ1v) is 7.65. The molecule has 0 saturated heterocycles. The van der Waals surface area contributed by atoms with Crippen LogP contribution in [0, 0.1) is 6.92 Å². The summed E-state index contributed by atoms with van der Waals surface area (Å²) in [5.41, 5.74) is 0.833. The van der Waals surface area contributed by atoms with Gasteiger partial charge in [-0.05, 0) is 19.1 Å². The molecule has 2 heterocycles. The van der Waals surface area contributed by atoms with Gasteiger partial charge in [0.2, 0.25) is 0 Å². The van der Waals surface area contributed by atoms with Crippen LogP contribution in [-0.2, 0) is 16.3 Å². The summed E-state index contributed by atoms with van der Waals surface area (Å²) in [6, 6.07) is 3.19. The molecule has 2 aromatic heterocycles. The number of thiazole rings is 1. The van der Waals surface area contributed by atoms with Gasteiger partial charge in [-0.3, -0.25) is 4.98 Å². The minimum atomic E-state index is -3.25. The monoisotopic (exact) mass is 268 g/mol. The maximum absolute atomic E-state index is 11.9. The summed E-state index contributed by atoms with van der Waals surface area (Å²) in [5.74, 6) is 0.0713. The molecule has 2 rings (SSSR count). The molecule has 0 fully saturated rings. The van der Waals surface area contributed by atoms with E-state index in [4.69, 9.17) is 0 Å². The quantitative estimate of drug-likeness (QED) is 0.849. The van der Waals surface area contributed by atoms with E-state index >= 15 is 0 Å². The van der Waals surface area contributed by atoms with E-state index < -0.39 is 9.84 Å². The lowest BCUT2D eigenvalue weighted by molar-refractivity contribution is 0.594. The van der Waals surface area contributed by atoms with Crippen molar-refractivity contribution in [1.82, 2.24) is 9.97 Å². The number of hydrogen-bond donors (Lipinski definition) is 0. The van der Waals surface area contributed by atoms with E-state index in [2.05, 4.69) is 9.97 Å². The number of nitrogens with zero attached hydrogens (tertiary/aromatic N) is 2. The molecule has 6 heteroatoms. The predicted octanol–water partition coefficient (Wildman–Crippen LogP) is 1.86. The van der Waals surface area contributed by atoms with Crippen molar-refractivity contribution in [1.29, 1.82) is 0 Å². The van der Waals surface area contributed by atoms with Crippen LogP contribution in [0.2, 0.25) is 0 Å². The highest BCUT2D eigenvalue weighted by Crippen LogP contribution is 2.13. The number of pyridine rings is 1. The molecular formula is C11H12N2O2S2. The fourth-order valence-electron chi connectivity index (χ4n) is 1.41. The molecule has 4 nitrogen and oxygen atoms in total. The van der Waals surface area contributed by atoms with Crippen molar-refractivity contribution in [2.45, 2.75) is 18.2 Å². The average molecular weight is 268 g/mol. The summed E-state index contributed by atoms with van der Waals surface area (Å²) in [7, 11) is -3.25. The lowest BCUT2D eigenvalue weighted by atomic mass is 10.4. The minimum absolute atomic E-state index is 0.0713. The van der Waals surface area contributed by atoms with Gasteiger partial charge in [-0.25, -0.2) is 13.4 Å². The molecule has 17 heavy (non-hydrogen) atoms. The Morgan fingerprint density at radius 1 is 1.41 bits per heavy atom. The Labute approximate surface area is 104 Å². The highest BCUT2D eigenvalue weighted by atomic mass is 32.2. The largest absolute Gasteiger partial charge is 0.263 e. The predicted molar refractivity (Wildman–Crippen MR) is 66.8 cm³/mol. The molecule has 0 aromatic carbocycles. The van der Waals surface area contributed by atoms with Gasteiger partial charge in [0.15, 0.2) is 9.84 Å². The second-order valence-electron chi connectivity index (χ2n) is 3.62. The third kappa shape index (κ3) is 3.10. The molecular weight excluding hydrogens is 256 g/mol. The van der Waals surface area contributed by atoms with Crippen LogP contribution in [-0.4, -0.2) is 24.1 Å². The Kier molecular flexibility index (Phi) is 3.54. The topological polar surface area (TPSA) is 59.9 Å². The first kappa shape index (κ1) is 12.2. The van der Waals surface area contributed by atoms with Crippen LogP contribution in [0.1, 0.15) is 10.7 Å². The summed E-state index contributed by atoms with van der Waals surface area (Å²) in [5, 5.41) is 2.85. The second-order valence-corrected chi connectivity index (χ2v) is 6.79. The van der Waals surface area contributed by atoms with Gasteiger partial charge >= 0.3 is 0 Å². The zero-order valence-corrected chi connectivity index (χ0v) is 11.0. The van der Waals surface area contributed by atoms with Gasteiger partial charge in [-0.2, -0.15) is 0 Å². The van der Waals surface area contributed by atoms with E-state index in [0.717, 1.165) is 10.7 Å². The van der Waals surface area contributed by atoms with Crippen molar-refractivity contribution in [3.63, 3.8) is 0 Å². The van der Waals surface area contributed by atoms with E-state index in [-0.39, 0.29) is 10.6 Å². The van der Waals surface area contributed by atoms with Crippen molar-refractivity contribution in [3.8, 4) is 0 Å². The van der Waals surface area contributed by atoms with Crippen molar-refractivity contribution < 1.29 is 8.42 Å². The van der Waals surface area contributed by atoms with Crippen LogP contribution < -0.4 is 0 Å². The zero-order valence-electron chi connectivity index (χ0n) is 9.33. The highest BCUT2D eigenvalue weighted by Gasteiger charge is 2.14. The third-order valence-electron chi connectivity index (χ3n) is 2.29. The van der Waals surface area contributed by atoms with Gasteiger partial charge < -0.3 is 0 Å². The minimum Gasteiger partial charge on any atom is -0.263 e. The second kappa shape index (κ2) is 4.93. The molecule has 0 bridgehead atoms. The average Bonchev–Trinajstić information content (AvgIpc) is 2.74. The van der Waals surface area contributed by atoms with Crippen LogP contribution in [0.4, 0.5) is 0 Å². The number of sulfone groups is 1. The van der Waals surface area contributed by atoms with Gasteiger partial charge in [0.05, 0.1) is 21.3 Å². The number of hydrogen-bond acceptors (Lipinski definition) is 5. The Balaban J connectivity index is 2.09. The normalized spacial score (nSPS) is 11.6. The summed E-state index contributed by atoms with van der Waals surface area (Å²) in [6.45, 7) is 1.91. The van der Waals surface area contributed by atoms with Crippen molar-refractivity contribution in [2.75, 3.05) is 5.75 Å². The van der Waals surface area contributed by atoms with E-state index in [0.29, 0.717) is 6.42 Å². The standard InChI is InChI=1S/C11H12N2O2S2/c1-9-13-10(8-16-9)4-6-17(14,15)11-3-2-5-12-7-11/h2-3,5,7-8H,4,6H2,1H3. The molecule has 0 aliphatic carbocycles. The fourth-order valence-corrected chi connectivity index (χ4v) is 3.28. The van der Waals surface area contributed by atoms with Crippen LogP contribution in [0.5, 0.6) is 0 Å². The molecule has 0 atom stereocenters. The molecule has 2 aromatic rings. The molecule has 0 saturated carbocycles. The zero-order chi connectivity index (χ0) is 12.3. The molecule has 0 amide bonds. The lowest BCUT2D eigenvalue weighted by Crippen LogP contribution is -2.09. The van der Waals surface area contributed by atoms with Crippen molar-refractivity contribution in [3.05, 3.63) is 40.6 Å². The van der Waals surface area contributed by atoms with Crippen molar-refractivity contribution in [2.24, 2.45) is 0 Å². The summed E-state index contributed by atoms with van der Waals surface area (Å²) >= 11 is 1.53. The molecule has 0 unspecified atom stereocenters. The Morgan fingerprint density at radius 3 is 2.82 bits per heavy atom. The molecule has 0 N–H and O–H groups in total. The Morgan fingerprint density at radius 2 is 2.24 bits per heavy atom. The Hall–Kier alpha value is -1.27. The molecule has 0 aliphatic rings. The van der Waals surface area contributed by atoms with Crippen LogP contribution >= 0.6 is 11.3 Å². The van der Waals surface area contributed by atoms with Gasteiger partial charge in [0.25, 0.3) is 0 Å². The number of aryl methyl sites for hydroxylation is 2. The van der Waals surface area contributed by atoms with Gasteiger partial charge in [-0.15, -0.1) is 11.3 Å². The SMILES string of the molecule is Cc1nc(CCS(=O)(=O)c2cccnc2)cs1. The summed E-state index contributed by atoms with van der Waals surface area (Å²) in [6.07, 6.45) is 3.38. The highest BCUT2D eigenvalue weighted by molar-refractivity contribution is 7.91. The molecule has 0 spiro atoms. The van der Waals surface area contributed by atoms with Gasteiger partial charge in [-0.1, -0.05) is 0 Å². The van der Waals surface area contributed by atoms with Crippen LogP contribution in [0.15, 0.2) is 34.8 Å². The molecule has 0 radical (unpaired) electrons. The van der Waals surface area contributed by atoms with Gasteiger partial charge in [0, 0.05) is 24.2 Å². The molecule has 90 valence electrons. The smallest absolute Gasteiger partial charge is 0.180 e. The van der Waals surface area contributed by atoms with Crippen molar-refractivity contribution >= 4 is 21.2 Å². The maximum atomic E-state index is 11.9. The van der Waals surface area contributed by atoms with Gasteiger partial charge in [0.1, 0.15) is 0 Å². The number of rotatable bonds is 4. The summed E-state index contributed by atoms with van der Waals surface area (Å²) in [4.78, 5) is 8.33. The number of aromatic nitrogens is 2. The summed E-state index contributed by atoms with van der Waals surface area (Å²) < 4.78 is 23.9. The van der Waals surface area contributed by atoms with Crippen LogP contribution in [0.25, 0.3) is 0 Å². The lowest BCUT2D eigenvalue weighted by Gasteiger charge is -2.01. The van der Waals surface area contributed by atoms with E-state index in [1.54, 1.807) is 18.3 Å². The maximum Gasteiger partial charge on any atom is 0.180 e. The van der Waals surface area contributed by atoms with E-state index in [1.807, 2.05) is 12.3 Å². The molecule has 0 aliphatic heterocycles. The third-order valence-corrected chi connectivity index (χ3v) is 4.81. The first-order valence-electron chi connectivity index (χ1n) is 5.12.